The summed E-state index contributed by atoms with van der Waals surface area (Å²) in [6.45, 7) is 1.86. The maximum absolute atomic E-state index is 12.6. The smallest absolute Gasteiger partial charge is 0.237 e. The minimum Gasteiger partial charge on any atom is -0.497 e. The van der Waals surface area contributed by atoms with Crippen molar-refractivity contribution >= 4 is 23.4 Å². The minimum atomic E-state index is -0.319. The molecular weight excluding hydrogens is 372 g/mol. The van der Waals surface area contributed by atoms with E-state index in [0.29, 0.717) is 11.1 Å². The molecule has 7 heteroatoms. The van der Waals surface area contributed by atoms with E-state index in [4.69, 9.17) is 9.72 Å². The molecule has 1 aromatic heterocycles. The lowest BCUT2D eigenvalue weighted by atomic mass is 10.3. The number of ether oxygens (including phenoxy) is 1. The van der Waals surface area contributed by atoms with Crippen LogP contribution in [0.4, 0.5) is 5.69 Å². The molecule has 144 valence electrons. The lowest BCUT2D eigenvalue weighted by molar-refractivity contribution is -0.115. The van der Waals surface area contributed by atoms with E-state index in [0.717, 1.165) is 35.8 Å². The van der Waals surface area contributed by atoms with Crippen molar-refractivity contribution in [3.8, 4) is 11.4 Å². The fourth-order valence-corrected chi connectivity index (χ4v) is 3.61. The number of nitrogens with zero attached hydrogens (tertiary/aromatic N) is 3. The van der Waals surface area contributed by atoms with Crippen molar-refractivity contribution in [2.24, 2.45) is 0 Å². The molecule has 28 heavy (non-hydrogen) atoms. The number of hydrogen-bond acceptors (Lipinski definition) is 5. The van der Waals surface area contributed by atoms with E-state index in [1.165, 1.54) is 11.8 Å². The van der Waals surface area contributed by atoms with Crippen LogP contribution < -0.4 is 10.1 Å². The van der Waals surface area contributed by atoms with Crippen LogP contribution in [0, 0.1) is 0 Å². The first-order valence-corrected chi connectivity index (χ1v) is 10.2. The maximum atomic E-state index is 12.6. The lowest BCUT2D eigenvalue weighted by Gasteiger charge is -2.10. The Bertz CT molecular complexity index is 952. The van der Waals surface area contributed by atoms with Gasteiger partial charge in [-0.1, -0.05) is 30.0 Å². The van der Waals surface area contributed by atoms with Gasteiger partial charge in [-0.3, -0.25) is 4.79 Å². The molecule has 1 aliphatic rings. The molecule has 0 spiro atoms. The number of benzene rings is 2. The first-order valence-electron chi connectivity index (χ1n) is 9.28. The van der Waals surface area contributed by atoms with Gasteiger partial charge < -0.3 is 10.1 Å². The lowest BCUT2D eigenvalue weighted by Crippen LogP contribution is -2.22. The van der Waals surface area contributed by atoms with Crippen LogP contribution in [0.1, 0.15) is 31.5 Å². The van der Waals surface area contributed by atoms with Gasteiger partial charge in [0.2, 0.25) is 11.1 Å². The van der Waals surface area contributed by atoms with Gasteiger partial charge in [0.1, 0.15) is 11.6 Å². The number of para-hydroxylation sites is 1. The Morgan fingerprint density at radius 2 is 1.89 bits per heavy atom. The maximum Gasteiger partial charge on any atom is 0.237 e. The molecule has 1 unspecified atom stereocenters. The van der Waals surface area contributed by atoms with Crippen molar-refractivity contribution in [1.29, 1.82) is 0 Å². The van der Waals surface area contributed by atoms with E-state index < -0.39 is 0 Å². The Hall–Kier alpha value is -2.80. The van der Waals surface area contributed by atoms with Crippen LogP contribution in [-0.4, -0.2) is 33.0 Å². The van der Waals surface area contributed by atoms with Crippen LogP contribution >= 0.6 is 11.8 Å². The molecule has 0 saturated heterocycles. The van der Waals surface area contributed by atoms with Crippen molar-refractivity contribution in [1.82, 2.24) is 14.8 Å². The first-order chi connectivity index (χ1) is 13.6. The Morgan fingerprint density at radius 3 is 2.54 bits per heavy atom. The third-order valence-corrected chi connectivity index (χ3v) is 5.52. The van der Waals surface area contributed by atoms with Gasteiger partial charge in [-0.25, -0.2) is 9.67 Å². The third-order valence-electron chi connectivity index (χ3n) is 4.56. The predicted octanol–water partition coefficient (Wildman–Crippen LogP) is 4.27. The minimum absolute atomic E-state index is 0.0841. The summed E-state index contributed by atoms with van der Waals surface area (Å²) in [5, 5.41) is 7.90. The van der Waals surface area contributed by atoms with E-state index in [2.05, 4.69) is 10.4 Å². The van der Waals surface area contributed by atoms with E-state index in [-0.39, 0.29) is 11.2 Å². The summed E-state index contributed by atoms with van der Waals surface area (Å²) in [6, 6.07) is 17.3. The normalized spacial score (nSPS) is 14.5. The summed E-state index contributed by atoms with van der Waals surface area (Å²) in [5.74, 6) is 2.12. The van der Waals surface area contributed by atoms with Crippen LogP contribution in [0.2, 0.25) is 0 Å². The van der Waals surface area contributed by atoms with Gasteiger partial charge in [0.25, 0.3) is 0 Å². The number of rotatable bonds is 7. The van der Waals surface area contributed by atoms with Gasteiger partial charge in [-0.15, -0.1) is 5.10 Å². The molecule has 1 fully saturated rings. The molecule has 0 bridgehead atoms. The van der Waals surface area contributed by atoms with Crippen LogP contribution in [0.25, 0.3) is 5.69 Å². The second-order valence-electron chi connectivity index (χ2n) is 6.75. The molecule has 1 amide bonds. The summed E-state index contributed by atoms with van der Waals surface area (Å²) >= 11 is 1.37. The van der Waals surface area contributed by atoms with E-state index in [9.17, 15) is 4.79 Å². The number of amides is 1. The van der Waals surface area contributed by atoms with Crippen LogP contribution in [0.3, 0.4) is 0 Å². The zero-order valence-electron chi connectivity index (χ0n) is 15.8. The molecular formula is C21H22N4O2S. The Balaban J connectivity index is 1.46. The molecule has 0 aliphatic heterocycles. The van der Waals surface area contributed by atoms with Crippen molar-refractivity contribution in [3.05, 3.63) is 60.4 Å². The van der Waals surface area contributed by atoms with Crippen LogP contribution in [0.5, 0.6) is 5.75 Å². The number of thioether (sulfide) groups is 1. The molecule has 6 nitrogen and oxygen atoms in total. The summed E-state index contributed by atoms with van der Waals surface area (Å²) in [7, 11) is 1.61. The number of carbonyl (C=O) groups is 1. The number of methoxy groups -OCH3 is 1. The fraction of sp³-hybridized carbons (Fsp3) is 0.286. The summed E-state index contributed by atoms with van der Waals surface area (Å²) in [5.41, 5.74) is 1.73. The third kappa shape index (κ3) is 4.20. The average Bonchev–Trinajstić information content (AvgIpc) is 3.49. The molecule has 1 heterocycles. The topological polar surface area (TPSA) is 69.0 Å². The molecule has 2 aromatic carbocycles. The molecule has 3 aromatic rings. The predicted molar refractivity (Wildman–Crippen MR) is 110 cm³/mol. The Morgan fingerprint density at radius 1 is 1.18 bits per heavy atom. The van der Waals surface area contributed by atoms with Crippen molar-refractivity contribution < 1.29 is 9.53 Å². The SMILES string of the molecule is COc1ccc(NC(=O)C(C)Sc2nc(C3CC3)n(-c3ccccc3)n2)cc1. The Labute approximate surface area is 168 Å². The summed E-state index contributed by atoms with van der Waals surface area (Å²) < 4.78 is 7.05. The molecule has 1 aliphatic carbocycles. The molecule has 1 N–H and O–H groups in total. The van der Waals surface area contributed by atoms with E-state index in [1.807, 2.05) is 66.2 Å². The monoisotopic (exact) mass is 394 g/mol. The fourth-order valence-electron chi connectivity index (χ4n) is 2.85. The van der Waals surface area contributed by atoms with Gasteiger partial charge in [0.15, 0.2) is 0 Å². The quantitative estimate of drug-likeness (QED) is 0.606. The second-order valence-corrected chi connectivity index (χ2v) is 8.06. The summed E-state index contributed by atoms with van der Waals surface area (Å²) in [6.07, 6.45) is 2.28. The highest BCUT2D eigenvalue weighted by atomic mass is 32.2. The number of nitrogens with one attached hydrogen (secondary N) is 1. The second kappa shape index (κ2) is 8.06. The number of anilines is 1. The van der Waals surface area contributed by atoms with Gasteiger partial charge in [0.05, 0.1) is 18.0 Å². The van der Waals surface area contributed by atoms with Crippen LogP contribution in [-0.2, 0) is 4.79 Å². The highest BCUT2D eigenvalue weighted by molar-refractivity contribution is 8.00. The van der Waals surface area contributed by atoms with Gasteiger partial charge in [-0.2, -0.15) is 0 Å². The van der Waals surface area contributed by atoms with E-state index >= 15 is 0 Å². The Kier molecular flexibility index (Phi) is 5.34. The molecule has 1 saturated carbocycles. The zero-order chi connectivity index (χ0) is 19.5. The molecule has 0 radical (unpaired) electrons. The highest BCUT2D eigenvalue weighted by Crippen LogP contribution is 2.40. The van der Waals surface area contributed by atoms with Gasteiger partial charge in [0, 0.05) is 11.6 Å². The van der Waals surface area contributed by atoms with E-state index in [1.54, 1.807) is 7.11 Å². The largest absolute Gasteiger partial charge is 0.497 e. The van der Waals surface area contributed by atoms with Crippen molar-refractivity contribution in [2.75, 3.05) is 12.4 Å². The summed E-state index contributed by atoms with van der Waals surface area (Å²) in [4.78, 5) is 17.3. The first kappa shape index (κ1) is 18.6. The van der Waals surface area contributed by atoms with Crippen molar-refractivity contribution in [2.45, 2.75) is 36.1 Å². The number of aromatic nitrogens is 3. The van der Waals surface area contributed by atoms with Gasteiger partial charge in [-0.05, 0) is 56.2 Å². The van der Waals surface area contributed by atoms with Crippen LogP contribution in [0.15, 0.2) is 59.8 Å². The number of hydrogen-bond donors (Lipinski definition) is 1. The van der Waals surface area contributed by atoms with Crippen molar-refractivity contribution in [3.63, 3.8) is 0 Å². The van der Waals surface area contributed by atoms with Gasteiger partial charge >= 0.3 is 0 Å². The highest BCUT2D eigenvalue weighted by Gasteiger charge is 2.31. The molecule has 1 atom stereocenters. The number of carbonyl (C=O) groups excluding carboxylic acids is 1. The zero-order valence-corrected chi connectivity index (χ0v) is 16.6. The standard InChI is InChI=1S/C21H22N4O2S/c1-14(20(26)22-16-10-12-18(27-2)13-11-16)28-21-23-19(15-8-9-15)25(24-21)17-6-4-3-5-7-17/h3-7,10-15H,8-9H2,1-2H3,(H,22,26). The molecule has 4 rings (SSSR count). The average molecular weight is 395 g/mol.